The molecule has 2 rings (SSSR count). The van der Waals surface area contributed by atoms with Crippen molar-refractivity contribution >= 4 is 16.0 Å². The monoisotopic (exact) mass is 321 g/mol. The second-order valence-electron chi connectivity index (χ2n) is 5.50. The molecule has 2 fully saturated rings. The largest absolute Gasteiger partial charge is 0.469 e. The summed E-state index contributed by atoms with van der Waals surface area (Å²) in [6, 6.07) is -0.0773. The van der Waals surface area contributed by atoms with Gasteiger partial charge in [0.25, 0.3) is 0 Å². The summed E-state index contributed by atoms with van der Waals surface area (Å²) in [7, 11) is -2.07. The summed E-state index contributed by atoms with van der Waals surface area (Å²) in [6.07, 6.45) is 3.22. The lowest BCUT2D eigenvalue weighted by Crippen LogP contribution is -2.44. The summed E-state index contributed by atoms with van der Waals surface area (Å²) in [4.78, 5) is 11.0. The topological polar surface area (TPSA) is 90.9 Å². The maximum Gasteiger partial charge on any atom is 0.305 e. The third-order valence-electron chi connectivity index (χ3n) is 3.93. The van der Waals surface area contributed by atoms with Crippen molar-refractivity contribution in [1.29, 1.82) is 0 Å². The van der Waals surface area contributed by atoms with Crippen molar-refractivity contribution in [3.05, 3.63) is 0 Å². The van der Waals surface area contributed by atoms with Gasteiger partial charge in [-0.25, -0.2) is 13.1 Å². The van der Waals surface area contributed by atoms with Crippen molar-refractivity contribution in [2.45, 2.75) is 50.4 Å². The molecule has 1 saturated carbocycles. The van der Waals surface area contributed by atoms with E-state index in [-0.39, 0.29) is 30.6 Å². The fourth-order valence-corrected chi connectivity index (χ4v) is 4.17. The van der Waals surface area contributed by atoms with Crippen molar-refractivity contribution in [3.8, 4) is 0 Å². The van der Waals surface area contributed by atoms with Crippen molar-refractivity contribution in [2.24, 2.45) is 0 Å². The van der Waals surface area contributed by atoms with Crippen molar-refractivity contribution in [1.82, 2.24) is 4.72 Å². The lowest BCUT2D eigenvalue weighted by atomic mass is 9.91. The van der Waals surface area contributed by atoms with Crippen LogP contribution >= 0.6 is 0 Å². The van der Waals surface area contributed by atoms with Crippen LogP contribution in [-0.4, -0.2) is 52.3 Å². The van der Waals surface area contributed by atoms with Gasteiger partial charge in [-0.3, -0.25) is 4.79 Å². The van der Waals surface area contributed by atoms with Crippen molar-refractivity contribution in [2.75, 3.05) is 26.1 Å². The van der Waals surface area contributed by atoms with E-state index in [1.807, 2.05) is 0 Å². The van der Waals surface area contributed by atoms with Gasteiger partial charge in [-0.15, -0.1) is 0 Å². The molecule has 1 aliphatic carbocycles. The van der Waals surface area contributed by atoms with Crippen LogP contribution in [0, 0.1) is 0 Å². The minimum atomic E-state index is -3.36. The quantitative estimate of drug-likeness (QED) is 0.718. The van der Waals surface area contributed by atoms with E-state index >= 15 is 0 Å². The molecule has 122 valence electrons. The zero-order valence-corrected chi connectivity index (χ0v) is 13.1. The average molecular weight is 321 g/mol. The number of carbonyl (C=O) groups is 1. The Labute approximate surface area is 125 Å². The molecular formula is C13H23NO6S. The Hall–Kier alpha value is -0.700. The summed E-state index contributed by atoms with van der Waals surface area (Å²) in [6.45, 7) is 1.23. The van der Waals surface area contributed by atoms with Crippen LogP contribution in [0.3, 0.4) is 0 Å². The fourth-order valence-electron chi connectivity index (χ4n) is 2.78. The molecule has 0 amide bonds. The van der Waals surface area contributed by atoms with Crippen LogP contribution < -0.4 is 4.72 Å². The molecular weight excluding hydrogens is 298 g/mol. The van der Waals surface area contributed by atoms with E-state index in [2.05, 4.69) is 9.46 Å². The summed E-state index contributed by atoms with van der Waals surface area (Å²) < 4.78 is 42.3. The summed E-state index contributed by atoms with van der Waals surface area (Å²) in [5.74, 6) is -0.927. The smallest absolute Gasteiger partial charge is 0.305 e. The number of sulfonamides is 1. The van der Waals surface area contributed by atoms with Gasteiger partial charge in [0.05, 0.1) is 26.1 Å². The molecule has 1 heterocycles. The summed E-state index contributed by atoms with van der Waals surface area (Å²) in [5, 5.41) is 0. The molecule has 7 nitrogen and oxygen atoms in total. The van der Waals surface area contributed by atoms with E-state index in [1.54, 1.807) is 0 Å². The van der Waals surface area contributed by atoms with Gasteiger partial charge in [-0.05, 0) is 19.3 Å². The number of nitrogens with one attached hydrogen (secondary N) is 1. The molecule has 0 aromatic heterocycles. The second-order valence-corrected chi connectivity index (χ2v) is 7.37. The van der Waals surface area contributed by atoms with E-state index in [9.17, 15) is 13.2 Å². The Morgan fingerprint density at radius 3 is 2.48 bits per heavy atom. The van der Waals surface area contributed by atoms with Crippen LogP contribution in [0.5, 0.6) is 0 Å². The van der Waals surface area contributed by atoms with Crippen LogP contribution in [0.15, 0.2) is 0 Å². The second kappa shape index (κ2) is 7.04. The SMILES string of the molecule is COC(=O)CCCS(=O)(=O)NC1CCC2(CC1)OCCO2. The van der Waals surface area contributed by atoms with Gasteiger partial charge in [-0.2, -0.15) is 0 Å². The zero-order chi connectivity index (χ0) is 15.3. The Morgan fingerprint density at radius 1 is 1.29 bits per heavy atom. The first-order valence-corrected chi connectivity index (χ1v) is 8.95. The van der Waals surface area contributed by atoms with E-state index in [1.165, 1.54) is 7.11 Å². The molecule has 1 N–H and O–H groups in total. The van der Waals surface area contributed by atoms with Crippen LogP contribution in [0.2, 0.25) is 0 Å². The fraction of sp³-hybridized carbons (Fsp3) is 0.923. The molecule has 0 atom stereocenters. The first-order valence-electron chi connectivity index (χ1n) is 7.29. The zero-order valence-electron chi connectivity index (χ0n) is 12.3. The molecule has 1 aliphatic heterocycles. The highest BCUT2D eigenvalue weighted by atomic mass is 32.2. The van der Waals surface area contributed by atoms with Gasteiger partial charge >= 0.3 is 5.97 Å². The normalized spacial score (nSPS) is 22.5. The first kappa shape index (κ1) is 16.7. The Balaban J connectivity index is 1.72. The van der Waals surface area contributed by atoms with E-state index < -0.39 is 15.8 Å². The molecule has 0 aromatic rings. The highest BCUT2D eigenvalue weighted by molar-refractivity contribution is 7.89. The van der Waals surface area contributed by atoms with Gasteiger partial charge in [0.2, 0.25) is 10.0 Å². The summed E-state index contributed by atoms with van der Waals surface area (Å²) in [5.41, 5.74) is 0. The standard InChI is InChI=1S/C13H23NO6S/c1-18-12(15)3-2-10-21(16,17)14-11-4-6-13(7-5-11)19-8-9-20-13/h11,14H,2-10H2,1H3. The predicted molar refractivity (Wildman–Crippen MR) is 75.1 cm³/mol. The molecule has 1 spiro atoms. The van der Waals surface area contributed by atoms with Gasteiger partial charge < -0.3 is 14.2 Å². The lowest BCUT2D eigenvalue weighted by molar-refractivity contribution is -0.178. The van der Waals surface area contributed by atoms with Crippen molar-refractivity contribution in [3.63, 3.8) is 0 Å². The Kier molecular flexibility index (Phi) is 5.59. The van der Waals surface area contributed by atoms with Crippen LogP contribution in [0.25, 0.3) is 0 Å². The minimum Gasteiger partial charge on any atom is -0.469 e. The third kappa shape index (κ3) is 4.91. The molecule has 8 heteroatoms. The van der Waals surface area contributed by atoms with E-state index in [0.29, 0.717) is 38.9 Å². The number of methoxy groups -OCH3 is 1. The molecule has 1 saturated heterocycles. The van der Waals surface area contributed by atoms with E-state index in [4.69, 9.17) is 9.47 Å². The molecule has 0 unspecified atom stereocenters. The molecule has 0 aromatic carbocycles. The number of ether oxygens (including phenoxy) is 3. The third-order valence-corrected chi connectivity index (χ3v) is 5.45. The lowest BCUT2D eigenvalue weighted by Gasteiger charge is -2.35. The summed E-state index contributed by atoms with van der Waals surface area (Å²) >= 11 is 0. The molecule has 2 aliphatic rings. The number of esters is 1. The Bertz CT molecular complexity index is 447. The van der Waals surface area contributed by atoms with Gasteiger partial charge in [-0.1, -0.05) is 0 Å². The predicted octanol–water partition coefficient (Wildman–Crippen LogP) is 0.545. The van der Waals surface area contributed by atoms with Gasteiger partial charge in [0.15, 0.2) is 5.79 Å². The maximum atomic E-state index is 12.0. The average Bonchev–Trinajstić information content (AvgIpc) is 2.89. The highest BCUT2D eigenvalue weighted by Crippen LogP contribution is 2.35. The van der Waals surface area contributed by atoms with Gasteiger partial charge in [0.1, 0.15) is 0 Å². The van der Waals surface area contributed by atoms with Crippen LogP contribution in [-0.2, 0) is 29.0 Å². The number of rotatable bonds is 6. The maximum absolute atomic E-state index is 12.0. The highest BCUT2D eigenvalue weighted by Gasteiger charge is 2.40. The number of hydrogen-bond donors (Lipinski definition) is 1. The molecule has 0 radical (unpaired) electrons. The molecule has 0 bridgehead atoms. The first-order chi connectivity index (χ1) is 9.95. The number of carbonyl (C=O) groups excluding carboxylic acids is 1. The number of hydrogen-bond acceptors (Lipinski definition) is 6. The van der Waals surface area contributed by atoms with Crippen LogP contribution in [0.4, 0.5) is 0 Å². The van der Waals surface area contributed by atoms with E-state index in [0.717, 1.165) is 0 Å². The minimum absolute atomic E-state index is 0.0588. The van der Waals surface area contributed by atoms with Crippen LogP contribution in [0.1, 0.15) is 38.5 Å². The van der Waals surface area contributed by atoms with Crippen molar-refractivity contribution < 1.29 is 27.4 Å². The Morgan fingerprint density at radius 2 is 1.90 bits per heavy atom. The molecule has 21 heavy (non-hydrogen) atoms. The van der Waals surface area contributed by atoms with Gasteiger partial charge in [0, 0.05) is 25.3 Å².